The molecule has 8 rings (SSSR count). The largest absolute Gasteiger partial charge is 0.318 e. The SMILES string of the molecule is [C-]#[N+]c1c(-c2cccc(-c3ccccc3)c2)cc(-c2cccc(-c3ccccc3)c2)c(C#N)c1-n1c2cc(C)cc(C)c2c2c(C)cc(C)cc21. The van der Waals surface area contributed by atoms with E-state index in [4.69, 9.17) is 6.57 Å². The molecule has 0 N–H and O–H groups in total. The number of benzene rings is 7. The highest BCUT2D eigenvalue weighted by atomic mass is 15.0. The minimum Gasteiger partial charge on any atom is -0.318 e. The highest BCUT2D eigenvalue weighted by Gasteiger charge is 2.26. The van der Waals surface area contributed by atoms with Crippen molar-refractivity contribution in [1.29, 1.82) is 5.26 Å². The molecule has 8 aromatic rings. The quantitative estimate of drug-likeness (QED) is 0.170. The number of hydrogen-bond donors (Lipinski definition) is 0. The summed E-state index contributed by atoms with van der Waals surface area (Å²) in [6.07, 6.45) is 0. The number of fused-ring (bicyclic) bond motifs is 3. The fourth-order valence-electron chi connectivity index (χ4n) is 7.81. The number of aromatic nitrogens is 1. The Kier molecular flexibility index (Phi) is 7.83. The monoisotopic (exact) mass is 653 g/mol. The van der Waals surface area contributed by atoms with Gasteiger partial charge >= 0.3 is 0 Å². The molecule has 3 nitrogen and oxygen atoms in total. The molecule has 0 saturated carbocycles. The van der Waals surface area contributed by atoms with Gasteiger partial charge in [-0.15, -0.1) is 0 Å². The maximum Gasteiger partial charge on any atom is 0.219 e. The van der Waals surface area contributed by atoms with Crippen LogP contribution in [0.25, 0.3) is 76.8 Å². The van der Waals surface area contributed by atoms with E-state index < -0.39 is 0 Å². The fourth-order valence-corrected chi connectivity index (χ4v) is 7.81. The number of rotatable bonds is 5. The van der Waals surface area contributed by atoms with E-state index in [-0.39, 0.29) is 0 Å². The Morgan fingerprint density at radius 3 is 1.43 bits per heavy atom. The summed E-state index contributed by atoms with van der Waals surface area (Å²) < 4.78 is 2.20. The van der Waals surface area contributed by atoms with E-state index in [9.17, 15) is 5.26 Å². The van der Waals surface area contributed by atoms with Gasteiger partial charge in [0.15, 0.2) is 0 Å². The molecule has 0 saturated heterocycles. The maximum atomic E-state index is 11.2. The molecular formula is C48H35N3. The van der Waals surface area contributed by atoms with E-state index in [0.29, 0.717) is 16.9 Å². The Morgan fingerprint density at radius 1 is 0.510 bits per heavy atom. The van der Waals surface area contributed by atoms with Crippen LogP contribution in [0.15, 0.2) is 140 Å². The van der Waals surface area contributed by atoms with Crippen molar-refractivity contribution in [2.75, 3.05) is 0 Å². The van der Waals surface area contributed by atoms with Crippen molar-refractivity contribution in [3.63, 3.8) is 0 Å². The summed E-state index contributed by atoms with van der Waals surface area (Å²) in [7, 11) is 0. The second kappa shape index (κ2) is 12.6. The van der Waals surface area contributed by atoms with Gasteiger partial charge in [0.2, 0.25) is 5.69 Å². The smallest absolute Gasteiger partial charge is 0.219 e. The van der Waals surface area contributed by atoms with Crippen molar-refractivity contribution in [3.05, 3.63) is 179 Å². The molecule has 0 aliphatic heterocycles. The van der Waals surface area contributed by atoms with E-state index in [0.717, 1.165) is 77.4 Å². The predicted molar refractivity (Wildman–Crippen MR) is 212 cm³/mol. The second-order valence-electron chi connectivity index (χ2n) is 13.4. The summed E-state index contributed by atoms with van der Waals surface area (Å²) in [4.78, 5) is 4.30. The van der Waals surface area contributed by atoms with Crippen LogP contribution in [0.4, 0.5) is 5.69 Å². The van der Waals surface area contributed by atoms with Crippen LogP contribution in [-0.4, -0.2) is 4.57 Å². The molecule has 0 atom stereocenters. The third-order valence-electron chi connectivity index (χ3n) is 9.93. The standard InChI is InChI=1S/C48H35N3/c1-30-22-32(3)45-43(24-30)51(44-25-31(2)23-33(4)46(44)45)48-42(29-49)40(38-20-12-18-36(26-38)34-14-8-6-9-15-34)28-41(47(48)50-5)39-21-13-19-37(27-39)35-16-10-7-11-17-35/h6-28H,1-4H3. The van der Waals surface area contributed by atoms with Gasteiger partial charge in [-0.3, -0.25) is 0 Å². The Bertz CT molecular complexity index is 2550. The van der Waals surface area contributed by atoms with Crippen LogP contribution in [0.1, 0.15) is 27.8 Å². The molecule has 0 amide bonds. The first-order valence-electron chi connectivity index (χ1n) is 17.2. The number of aryl methyl sites for hydroxylation is 4. The first-order valence-corrected chi connectivity index (χ1v) is 17.2. The van der Waals surface area contributed by atoms with Crippen molar-refractivity contribution in [2.24, 2.45) is 0 Å². The predicted octanol–water partition coefficient (Wildman–Crippen LogP) is 13.1. The number of nitriles is 1. The number of hydrogen-bond acceptors (Lipinski definition) is 1. The molecule has 0 bridgehead atoms. The lowest BCUT2D eigenvalue weighted by Gasteiger charge is -2.20. The van der Waals surface area contributed by atoms with Crippen molar-refractivity contribution >= 4 is 27.5 Å². The van der Waals surface area contributed by atoms with E-state index in [1.165, 1.54) is 11.1 Å². The van der Waals surface area contributed by atoms with Crippen LogP contribution < -0.4 is 0 Å². The number of nitrogens with zero attached hydrogens (tertiary/aromatic N) is 3. The summed E-state index contributed by atoms with van der Waals surface area (Å²) in [5.41, 5.74) is 15.9. The Balaban J connectivity index is 1.54. The van der Waals surface area contributed by atoms with Crippen molar-refractivity contribution < 1.29 is 0 Å². The van der Waals surface area contributed by atoms with E-state index in [2.05, 4.69) is 146 Å². The van der Waals surface area contributed by atoms with Gasteiger partial charge in [0.1, 0.15) is 6.07 Å². The zero-order chi connectivity index (χ0) is 35.2. The average molecular weight is 654 g/mol. The Morgan fingerprint density at radius 2 is 0.961 bits per heavy atom. The van der Waals surface area contributed by atoms with Gasteiger partial charge in [0.25, 0.3) is 0 Å². The normalized spacial score (nSPS) is 11.1. The van der Waals surface area contributed by atoms with Gasteiger partial charge < -0.3 is 4.57 Å². The van der Waals surface area contributed by atoms with Crippen molar-refractivity contribution in [2.45, 2.75) is 27.7 Å². The summed E-state index contributed by atoms with van der Waals surface area (Å²) >= 11 is 0. The van der Waals surface area contributed by atoms with E-state index in [1.54, 1.807) is 0 Å². The van der Waals surface area contributed by atoms with Gasteiger partial charge in [-0.1, -0.05) is 115 Å². The van der Waals surface area contributed by atoms with Gasteiger partial charge in [-0.2, -0.15) is 5.26 Å². The second-order valence-corrected chi connectivity index (χ2v) is 13.4. The zero-order valence-electron chi connectivity index (χ0n) is 29.1. The third kappa shape index (κ3) is 5.37. The molecule has 242 valence electrons. The summed E-state index contributed by atoms with van der Waals surface area (Å²) in [6, 6.07) is 50.9. The van der Waals surface area contributed by atoms with Gasteiger partial charge in [0.05, 0.1) is 28.9 Å². The summed E-state index contributed by atoms with van der Waals surface area (Å²) in [6.45, 7) is 17.3. The van der Waals surface area contributed by atoms with Crippen LogP contribution in [0.5, 0.6) is 0 Å². The molecule has 0 unspecified atom stereocenters. The van der Waals surface area contributed by atoms with Gasteiger partial charge in [0, 0.05) is 10.8 Å². The molecule has 0 fully saturated rings. The Labute approximate surface area is 299 Å². The molecular weight excluding hydrogens is 619 g/mol. The van der Waals surface area contributed by atoms with Gasteiger partial charge in [-0.25, -0.2) is 4.85 Å². The van der Waals surface area contributed by atoms with Crippen LogP contribution in [-0.2, 0) is 0 Å². The molecule has 7 aromatic carbocycles. The first-order chi connectivity index (χ1) is 24.9. The highest BCUT2D eigenvalue weighted by molar-refractivity contribution is 6.14. The first kappa shape index (κ1) is 31.6. The topological polar surface area (TPSA) is 33.1 Å². The van der Waals surface area contributed by atoms with Crippen LogP contribution in [0, 0.1) is 45.6 Å². The maximum absolute atomic E-state index is 11.2. The molecule has 0 radical (unpaired) electrons. The van der Waals surface area contributed by atoms with Gasteiger partial charge in [-0.05, 0) is 119 Å². The molecule has 0 aliphatic rings. The van der Waals surface area contributed by atoms with Crippen molar-refractivity contribution in [1.82, 2.24) is 4.57 Å². The summed E-state index contributed by atoms with van der Waals surface area (Å²) in [5, 5.41) is 13.5. The van der Waals surface area contributed by atoms with E-state index >= 15 is 0 Å². The lowest BCUT2D eigenvalue weighted by atomic mass is 9.89. The van der Waals surface area contributed by atoms with Crippen molar-refractivity contribution in [3.8, 4) is 56.3 Å². The van der Waals surface area contributed by atoms with Crippen LogP contribution >= 0.6 is 0 Å². The van der Waals surface area contributed by atoms with E-state index in [1.807, 2.05) is 36.4 Å². The minimum absolute atomic E-state index is 0.455. The molecule has 0 aliphatic carbocycles. The lowest BCUT2D eigenvalue weighted by Crippen LogP contribution is -2.02. The zero-order valence-corrected chi connectivity index (χ0v) is 29.1. The molecule has 51 heavy (non-hydrogen) atoms. The average Bonchev–Trinajstić information content (AvgIpc) is 3.48. The molecule has 1 aromatic heterocycles. The Hall–Kier alpha value is -6.68. The molecule has 0 spiro atoms. The lowest BCUT2D eigenvalue weighted by molar-refractivity contribution is 1.17. The summed E-state index contributed by atoms with van der Waals surface area (Å²) in [5.74, 6) is 0. The minimum atomic E-state index is 0.455. The highest BCUT2D eigenvalue weighted by Crippen LogP contribution is 2.47. The molecule has 1 heterocycles. The van der Waals surface area contributed by atoms with Crippen LogP contribution in [0.2, 0.25) is 0 Å². The third-order valence-corrected chi connectivity index (χ3v) is 9.93. The van der Waals surface area contributed by atoms with Crippen LogP contribution in [0.3, 0.4) is 0 Å². The fraction of sp³-hybridized carbons (Fsp3) is 0.0833. The molecule has 3 heteroatoms.